The molecule has 0 aliphatic carbocycles. The lowest BCUT2D eigenvalue weighted by Crippen LogP contribution is -2.23. The number of benzene rings is 3. The van der Waals surface area contributed by atoms with E-state index in [1.165, 1.54) is 9.79 Å². The van der Waals surface area contributed by atoms with Crippen LogP contribution in [-0.4, -0.2) is 16.2 Å². The van der Waals surface area contributed by atoms with Crippen molar-refractivity contribution in [3.8, 4) is 17.2 Å². The van der Waals surface area contributed by atoms with Crippen molar-refractivity contribution < 1.29 is 14.2 Å². The van der Waals surface area contributed by atoms with Gasteiger partial charge in [-0.05, 0) is 120 Å². The fourth-order valence-corrected chi connectivity index (χ4v) is 5.90. The first-order valence-corrected chi connectivity index (χ1v) is 13.7. The van der Waals surface area contributed by atoms with Gasteiger partial charge in [-0.25, -0.2) is 0 Å². The monoisotopic (exact) mass is 514 g/mol. The van der Waals surface area contributed by atoms with Crippen LogP contribution >= 0.6 is 0 Å². The first-order chi connectivity index (χ1) is 17.6. The number of para-hydroxylation sites is 1. The van der Waals surface area contributed by atoms with Crippen LogP contribution in [0, 0.1) is 0 Å². The highest BCUT2D eigenvalue weighted by atomic mass is 32.2. The van der Waals surface area contributed by atoms with E-state index in [0.29, 0.717) is 6.61 Å². The minimum Gasteiger partial charge on any atom is -0.488 e. The maximum absolute atomic E-state index is 6.36. The van der Waals surface area contributed by atoms with E-state index in [1.54, 1.807) is 12.4 Å². The van der Waals surface area contributed by atoms with E-state index in [1.807, 2.05) is 24.3 Å². The van der Waals surface area contributed by atoms with E-state index in [2.05, 4.69) is 107 Å². The van der Waals surface area contributed by atoms with Gasteiger partial charge in [-0.2, -0.15) is 0 Å². The van der Waals surface area contributed by atoms with Crippen LogP contribution in [0.1, 0.15) is 47.1 Å². The molecule has 4 aromatic rings. The van der Waals surface area contributed by atoms with Crippen LogP contribution in [0.5, 0.6) is 17.2 Å². The molecule has 192 valence electrons. The van der Waals surface area contributed by atoms with Crippen molar-refractivity contribution >= 4 is 10.9 Å². The molecule has 0 atom stereocenters. The molecule has 4 rings (SSSR count). The van der Waals surface area contributed by atoms with E-state index in [0.717, 1.165) is 27.7 Å². The number of ether oxygens (including phenoxy) is 3. The lowest BCUT2D eigenvalue weighted by atomic mass is 10.2. The summed E-state index contributed by atoms with van der Waals surface area (Å²) in [7, 11) is -0.395. The summed E-state index contributed by atoms with van der Waals surface area (Å²) >= 11 is 0. The minimum atomic E-state index is -0.395. The fourth-order valence-electron chi connectivity index (χ4n) is 3.76. The van der Waals surface area contributed by atoms with Gasteiger partial charge in [0.25, 0.3) is 0 Å². The summed E-state index contributed by atoms with van der Waals surface area (Å²) in [5, 5.41) is 0. The molecule has 37 heavy (non-hydrogen) atoms. The quantitative estimate of drug-likeness (QED) is 0.223. The smallest absolute Gasteiger partial charge is 0.208 e. The molecule has 0 unspecified atom stereocenters. The summed E-state index contributed by atoms with van der Waals surface area (Å²) in [5.41, 5.74) is 0.580. The van der Waals surface area contributed by atoms with Gasteiger partial charge in [0.15, 0.2) is 15.5 Å². The van der Waals surface area contributed by atoms with Crippen molar-refractivity contribution in [2.45, 2.75) is 74.0 Å². The minimum absolute atomic E-state index is 0.251. The summed E-state index contributed by atoms with van der Waals surface area (Å²) < 4.78 is 18.5. The Morgan fingerprint density at radius 3 is 1.59 bits per heavy atom. The molecule has 0 radical (unpaired) electrons. The molecule has 4 nitrogen and oxygen atoms in total. The molecule has 0 saturated heterocycles. The van der Waals surface area contributed by atoms with Crippen LogP contribution in [0.25, 0.3) is 0 Å². The Morgan fingerprint density at radius 1 is 0.622 bits per heavy atom. The van der Waals surface area contributed by atoms with Gasteiger partial charge in [0.1, 0.15) is 40.2 Å². The van der Waals surface area contributed by atoms with Crippen molar-refractivity contribution in [2.24, 2.45) is 0 Å². The van der Waals surface area contributed by atoms with Gasteiger partial charge < -0.3 is 14.2 Å². The zero-order valence-electron chi connectivity index (χ0n) is 22.5. The number of hydrogen-bond donors (Lipinski definition) is 0. The number of rotatable bonds is 8. The molecule has 0 N–H and O–H groups in total. The predicted molar refractivity (Wildman–Crippen MR) is 151 cm³/mol. The zero-order chi connectivity index (χ0) is 26.5. The van der Waals surface area contributed by atoms with Gasteiger partial charge in [-0.15, -0.1) is 0 Å². The molecule has 1 aromatic heterocycles. The highest BCUT2D eigenvalue weighted by Gasteiger charge is 2.32. The normalized spacial score (nSPS) is 11.9. The van der Waals surface area contributed by atoms with Gasteiger partial charge in [-0.3, -0.25) is 4.98 Å². The molecule has 0 fully saturated rings. The molecule has 3 aromatic carbocycles. The van der Waals surface area contributed by atoms with Crippen LogP contribution in [-0.2, 0) is 17.5 Å². The third-order valence-corrected chi connectivity index (χ3v) is 7.44. The Balaban J connectivity index is 1.71. The summed E-state index contributed by atoms with van der Waals surface area (Å²) in [6.07, 6.45) is 3.58. The van der Waals surface area contributed by atoms with Crippen LogP contribution in [0.3, 0.4) is 0 Å². The lowest BCUT2D eigenvalue weighted by Gasteiger charge is -2.21. The van der Waals surface area contributed by atoms with E-state index < -0.39 is 10.9 Å². The molecular formula is C32H36NO3S+. The predicted octanol–water partition coefficient (Wildman–Crippen LogP) is 8.11. The maximum Gasteiger partial charge on any atom is 0.208 e. The molecule has 0 bridgehead atoms. The van der Waals surface area contributed by atoms with Crippen molar-refractivity contribution in [2.75, 3.05) is 0 Å². The topological polar surface area (TPSA) is 40.6 Å². The van der Waals surface area contributed by atoms with Crippen molar-refractivity contribution in [3.05, 3.63) is 103 Å². The highest BCUT2D eigenvalue weighted by Crippen LogP contribution is 2.38. The Bertz CT molecular complexity index is 1220. The molecule has 5 heteroatoms. The number of hydrogen-bond acceptors (Lipinski definition) is 4. The van der Waals surface area contributed by atoms with Gasteiger partial charge in [0, 0.05) is 12.4 Å². The highest BCUT2D eigenvalue weighted by molar-refractivity contribution is 7.97. The lowest BCUT2D eigenvalue weighted by molar-refractivity contribution is 0.130. The molecular weight excluding hydrogens is 478 g/mol. The largest absolute Gasteiger partial charge is 0.488 e. The molecule has 0 spiro atoms. The Labute approximate surface area is 224 Å². The first kappa shape index (κ1) is 26.6. The fraction of sp³-hybridized carbons (Fsp3) is 0.281. The van der Waals surface area contributed by atoms with Crippen molar-refractivity contribution in [1.82, 2.24) is 4.98 Å². The Hall–Kier alpha value is -3.44. The SMILES string of the molecule is CC(C)(C)Oc1ccc([S+](c2ccc(OC(C)(C)C)cc2)c2ccccc2OCc2ccncc2)cc1. The van der Waals surface area contributed by atoms with E-state index >= 15 is 0 Å². The standard InChI is InChI=1S/C32H36NO3S/c1-31(2,3)35-25-11-15-27(16-12-25)37(28-17-13-26(14-18-28)36-32(4,5)6)30-10-8-7-9-29(30)34-23-24-19-21-33-22-20-24/h7-22H,23H2,1-6H3/q+1. The number of aromatic nitrogens is 1. The summed E-state index contributed by atoms with van der Waals surface area (Å²) in [5.74, 6) is 2.58. The number of nitrogens with zero attached hydrogens (tertiary/aromatic N) is 1. The first-order valence-electron chi connectivity index (χ1n) is 12.5. The second kappa shape index (κ2) is 11.3. The van der Waals surface area contributed by atoms with Crippen molar-refractivity contribution in [3.63, 3.8) is 0 Å². The average Bonchev–Trinajstić information content (AvgIpc) is 2.84. The third-order valence-electron chi connectivity index (χ3n) is 5.18. The van der Waals surface area contributed by atoms with Gasteiger partial charge in [0.2, 0.25) is 4.90 Å². The second-order valence-electron chi connectivity index (χ2n) is 10.8. The molecule has 0 aliphatic rings. The van der Waals surface area contributed by atoms with E-state index in [4.69, 9.17) is 14.2 Å². The Morgan fingerprint density at radius 2 is 1.11 bits per heavy atom. The van der Waals surface area contributed by atoms with Crippen LogP contribution in [0.15, 0.2) is 112 Å². The number of pyridine rings is 1. The van der Waals surface area contributed by atoms with E-state index in [-0.39, 0.29) is 11.2 Å². The summed E-state index contributed by atoms with van der Waals surface area (Å²) in [6.45, 7) is 12.8. The van der Waals surface area contributed by atoms with Crippen LogP contribution in [0.4, 0.5) is 0 Å². The zero-order valence-corrected chi connectivity index (χ0v) is 23.3. The van der Waals surface area contributed by atoms with Gasteiger partial charge in [0.05, 0.1) is 0 Å². The molecule has 0 amide bonds. The third kappa shape index (κ3) is 7.77. The summed E-state index contributed by atoms with van der Waals surface area (Å²) in [6, 6.07) is 29.1. The molecule has 0 saturated carbocycles. The Kier molecular flexibility index (Phi) is 8.13. The van der Waals surface area contributed by atoms with Gasteiger partial charge in [-0.1, -0.05) is 12.1 Å². The second-order valence-corrected chi connectivity index (χ2v) is 12.8. The van der Waals surface area contributed by atoms with E-state index in [9.17, 15) is 0 Å². The molecule has 1 heterocycles. The maximum atomic E-state index is 6.36. The van der Waals surface area contributed by atoms with Gasteiger partial charge >= 0.3 is 0 Å². The van der Waals surface area contributed by atoms with Crippen molar-refractivity contribution in [1.29, 1.82) is 0 Å². The summed E-state index contributed by atoms with van der Waals surface area (Å²) in [4.78, 5) is 7.61. The van der Waals surface area contributed by atoms with Crippen LogP contribution < -0.4 is 14.2 Å². The van der Waals surface area contributed by atoms with Crippen LogP contribution in [0.2, 0.25) is 0 Å². The average molecular weight is 515 g/mol. The molecule has 0 aliphatic heterocycles.